The molecular weight excluding hydrogens is 424 g/mol. The van der Waals surface area contributed by atoms with Crippen LogP contribution in [0.1, 0.15) is 23.6 Å². The van der Waals surface area contributed by atoms with E-state index in [2.05, 4.69) is 5.32 Å². The lowest BCUT2D eigenvalue weighted by Gasteiger charge is -2.29. The molecule has 0 unspecified atom stereocenters. The second kappa shape index (κ2) is 8.85. The molecule has 0 aromatic heterocycles. The molecule has 3 rings (SSSR count). The van der Waals surface area contributed by atoms with Gasteiger partial charge in [-0.1, -0.05) is 17.7 Å². The van der Waals surface area contributed by atoms with Crippen LogP contribution in [0, 0.1) is 13.8 Å². The zero-order chi connectivity index (χ0) is 22.0. The maximum Gasteiger partial charge on any atom is 0.270 e. The lowest BCUT2D eigenvalue weighted by molar-refractivity contribution is -0.122. The molecule has 1 aliphatic heterocycles. The molecule has 6 nitrogen and oxygen atoms in total. The number of halogens is 1. The summed E-state index contributed by atoms with van der Waals surface area (Å²) in [6.07, 6.45) is 1.46. The quantitative estimate of drug-likeness (QED) is 0.425. The van der Waals surface area contributed by atoms with Gasteiger partial charge in [-0.15, -0.1) is 0 Å². The summed E-state index contributed by atoms with van der Waals surface area (Å²) in [6.45, 7) is 6.11. The molecule has 8 heteroatoms. The third kappa shape index (κ3) is 4.32. The number of ether oxygens (including phenoxy) is 2. The zero-order valence-electron chi connectivity index (χ0n) is 17.0. The van der Waals surface area contributed by atoms with Crippen molar-refractivity contribution in [2.45, 2.75) is 20.8 Å². The van der Waals surface area contributed by atoms with Crippen molar-refractivity contribution in [3.8, 4) is 11.5 Å². The van der Waals surface area contributed by atoms with Gasteiger partial charge in [-0.05, 0) is 80.0 Å². The van der Waals surface area contributed by atoms with Crippen LogP contribution in [-0.4, -0.2) is 30.6 Å². The van der Waals surface area contributed by atoms with Crippen LogP contribution in [0.25, 0.3) is 6.08 Å². The third-order valence-electron chi connectivity index (χ3n) is 4.42. The first kappa shape index (κ1) is 21.8. The normalized spacial score (nSPS) is 15.4. The fraction of sp³-hybridized carbons (Fsp3) is 0.227. The van der Waals surface area contributed by atoms with E-state index in [0.29, 0.717) is 34.4 Å². The van der Waals surface area contributed by atoms with Gasteiger partial charge in [-0.2, -0.15) is 0 Å². The number of benzene rings is 2. The number of carbonyl (C=O) groups excluding carboxylic acids is 2. The maximum atomic E-state index is 13.2. The first-order valence-corrected chi connectivity index (χ1v) is 10.0. The topological polar surface area (TPSA) is 67.9 Å². The highest BCUT2D eigenvalue weighted by molar-refractivity contribution is 7.80. The van der Waals surface area contributed by atoms with Crippen LogP contribution in [0.3, 0.4) is 0 Å². The predicted octanol–water partition coefficient (Wildman–Crippen LogP) is 4.20. The molecule has 0 saturated carbocycles. The van der Waals surface area contributed by atoms with E-state index in [9.17, 15) is 9.59 Å². The lowest BCUT2D eigenvalue weighted by Crippen LogP contribution is -2.54. The van der Waals surface area contributed by atoms with Gasteiger partial charge in [-0.3, -0.25) is 19.8 Å². The Kier molecular flexibility index (Phi) is 6.43. The van der Waals surface area contributed by atoms with Crippen molar-refractivity contribution >= 4 is 52.5 Å². The van der Waals surface area contributed by atoms with Crippen LogP contribution in [0.2, 0.25) is 5.02 Å². The molecule has 1 fully saturated rings. The molecule has 1 saturated heterocycles. The molecule has 0 bridgehead atoms. The van der Waals surface area contributed by atoms with E-state index < -0.39 is 11.8 Å². The van der Waals surface area contributed by atoms with Gasteiger partial charge in [0.05, 0.1) is 24.4 Å². The van der Waals surface area contributed by atoms with E-state index in [1.165, 1.54) is 18.1 Å². The number of hydrogen-bond acceptors (Lipinski definition) is 5. The van der Waals surface area contributed by atoms with Crippen molar-refractivity contribution in [1.29, 1.82) is 0 Å². The molecule has 156 valence electrons. The fourth-order valence-corrected chi connectivity index (χ4v) is 3.80. The standard InChI is InChI=1S/C22H21ClN2O4S/c1-5-29-19-17(23)10-14(11-18(19)28-4)9-16-20(26)24-22(30)25(21(16)27)15-7-12(2)6-13(3)8-15/h6-11H,5H2,1-4H3,(H,24,26,30)/b16-9+. The summed E-state index contributed by atoms with van der Waals surface area (Å²) < 4.78 is 10.8. The maximum absolute atomic E-state index is 13.2. The van der Waals surface area contributed by atoms with Gasteiger partial charge < -0.3 is 9.47 Å². The van der Waals surface area contributed by atoms with Crippen LogP contribution in [0.5, 0.6) is 11.5 Å². The number of nitrogens with one attached hydrogen (secondary N) is 1. The molecule has 0 atom stereocenters. The van der Waals surface area contributed by atoms with Gasteiger partial charge in [0.15, 0.2) is 16.6 Å². The first-order valence-electron chi connectivity index (χ1n) is 9.25. The SMILES string of the molecule is CCOc1c(Cl)cc(/C=C2\C(=O)NC(=S)N(c3cc(C)cc(C)c3)C2=O)cc1OC. The minimum atomic E-state index is -0.574. The van der Waals surface area contributed by atoms with Crippen LogP contribution >= 0.6 is 23.8 Å². The third-order valence-corrected chi connectivity index (χ3v) is 4.98. The molecule has 2 aromatic rings. The van der Waals surface area contributed by atoms with Crippen LogP contribution in [-0.2, 0) is 9.59 Å². The highest BCUT2D eigenvalue weighted by Gasteiger charge is 2.34. The number of carbonyl (C=O) groups is 2. The Bertz CT molecular complexity index is 1060. The molecule has 2 aromatic carbocycles. The zero-order valence-corrected chi connectivity index (χ0v) is 18.6. The molecule has 1 N–H and O–H groups in total. The smallest absolute Gasteiger partial charge is 0.270 e. The van der Waals surface area contributed by atoms with Crippen molar-refractivity contribution in [3.05, 3.63) is 57.6 Å². The number of thiocarbonyl (C=S) groups is 1. The van der Waals surface area contributed by atoms with Crippen LogP contribution in [0.15, 0.2) is 35.9 Å². The van der Waals surface area contributed by atoms with Crippen LogP contribution < -0.4 is 19.7 Å². The van der Waals surface area contributed by atoms with E-state index in [-0.39, 0.29) is 10.7 Å². The monoisotopic (exact) mass is 444 g/mol. The summed E-state index contributed by atoms with van der Waals surface area (Å²) in [4.78, 5) is 27.1. The molecular formula is C22H21ClN2O4S. The Morgan fingerprint density at radius 1 is 1.13 bits per heavy atom. The molecule has 2 amide bonds. The molecule has 30 heavy (non-hydrogen) atoms. The van der Waals surface area contributed by atoms with E-state index in [4.69, 9.17) is 33.3 Å². The fourth-order valence-electron chi connectivity index (χ4n) is 3.25. The Balaban J connectivity index is 2.05. The number of methoxy groups -OCH3 is 1. The number of nitrogens with zero attached hydrogens (tertiary/aromatic N) is 1. The van der Waals surface area contributed by atoms with E-state index >= 15 is 0 Å². The van der Waals surface area contributed by atoms with Gasteiger partial charge in [-0.25, -0.2) is 0 Å². The highest BCUT2D eigenvalue weighted by Crippen LogP contribution is 2.37. The molecule has 1 heterocycles. The second-order valence-corrected chi connectivity index (χ2v) is 7.56. The van der Waals surface area contributed by atoms with Gasteiger partial charge in [0, 0.05) is 0 Å². The number of hydrogen-bond donors (Lipinski definition) is 1. The summed E-state index contributed by atoms with van der Waals surface area (Å²) in [6, 6.07) is 8.92. The number of rotatable bonds is 5. The summed E-state index contributed by atoms with van der Waals surface area (Å²) in [5, 5.41) is 2.93. The van der Waals surface area contributed by atoms with Crippen molar-refractivity contribution in [2.24, 2.45) is 0 Å². The highest BCUT2D eigenvalue weighted by atomic mass is 35.5. The Morgan fingerprint density at radius 2 is 1.80 bits per heavy atom. The van der Waals surface area contributed by atoms with E-state index in [1.54, 1.807) is 12.1 Å². The minimum Gasteiger partial charge on any atom is -0.493 e. The largest absolute Gasteiger partial charge is 0.493 e. The average molecular weight is 445 g/mol. The van der Waals surface area contributed by atoms with Crippen molar-refractivity contribution in [1.82, 2.24) is 5.32 Å². The molecule has 0 aliphatic carbocycles. The number of anilines is 1. The average Bonchev–Trinajstić information content (AvgIpc) is 2.66. The van der Waals surface area contributed by atoms with E-state index in [1.807, 2.05) is 39.0 Å². The second-order valence-electron chi connectivity index (χ2n) is 6.77. The molecule has 0 radical (unpaired) electrons. The van der Waals surface area contributed by atoms with Crippen LogP contribution in [0.4, 0.5) is 5.69 Å². The first-order chi connectivity index (χ1) is 14.2. The van der Waals surface area contributed by atoms with Gasteiger partial charge in [0.1, 0.15) is 5.57 Å². The van der Waals surface area contributed by atoms with Gasteiger partial charge in [0.2, 0.25) is 0 Å². The van der Waals surface area contributed by atoms with Gasteiger partial charge in [0.25, 0.3) is 11.8 Å². The Morgan fingerprint density at radius 3 is 2.40 bits per heavy atom. The van der Waals surface area contributed by atoms with Crippen molar-refractivity contribution in [2.75, 3.05) is 18.6 Å². The summed E-state index contributed by atoms with van der Waals surface area (Å²) in [5.74, 6) is -0.282. The summed E-state index contributed by atoms with van der Waals surface area (Å²) in [5.41, 5.74) is 3.00. The number of amides is 2. The minimum absolute atomic E-state index is 0.0365. The lowest BCUT2D eigenvalue weighted by atomic mass is 10.1. The van der Waals surface area contributed by atoms with E-state index in [0.717, 1.165) is 11.1 Å². The Labute approximate surface area is 185 Å². The van der Waals surface area contributed by atoms with Gasteiger partial charge >= 0.3 is 0 Å². The Hall–Kier alpha value is -2.90. The predicted molar refractivity (Wildman–Crippen MR) is 121 cm³/mol. The summed E-state index contributed by atoms with van der Waals surface area (Å²) >= 11 is 11.6. The van der Waals surface area contributed by atoms with Crippen molar-refractivity contribution < 1.29 is 19.1 Å². The summed E-state index contributed by atoms with van der Waals surface area (Å²) in [7, 11) is 1.49. The molecule has 0 spiro atoms. The van der Waals surface area contributed by atoms with Crippen molar-refractivity contribution in [3.63, 3.8) is 0 Å². The number of aryl methyl sites for hydroxylation is 2. The molecule has 1 aliphatic rings.